The third kappa shape index (κ3) is 8.58. The summed E-state index contributed by atoms with van der Waals surface area (Å²) in [6.07, 6.45) is 9.02. The second-order valence-electron chi connectivity index (χ2n) is 9.54. The quantitative estimate of drug-likeness (QED) is 0.367. The van der Waals surface area contributed by atoms with Gasteiger partial charge in [-0.05, 0) is 73.1 Å². The minimum absolute atomic E-state index is 0.0386. The van der Waals surface area contributed by atoms with Gasteiger partial charge in [-0.3, -0.25) is 0 Å². The molecule has 0 fully saturated rings. The summed E-state index contributed by atoms with van der Waals surface area (Å²) >= 11 is 0. The van der Waals surface area contributed by atoms with Crippen LogP contribution in [-0.4, -0.2) is 12.6 Å². The first-order valence-corrected chi connectivity index (χ1v) is 11.4. The smallest absolute Gasteiger partial charge is 0.119 e. The molecule has 2 aromatic rings. The number of hydrogen-bond donors (Lipinski definition) is 0. The van der Waals surface area contributed by atoms with Crippen LogP contribution < -0.4 is 4.74 Å². The maximum Gasteiger partial charge on any atom is 0.119 e. The van der Waals surface area contributed by atoms with Gasteiger partial charge in [0.25, 0.3) is 0 Å². The van der Waals surface area contributed by atoms with E-state index in [0.29, 0.717) is 11.3 Å². The zero-order valence-electron chi connectivity index (χ0n) is 19.6. The Balaban J connectivity index is 1.42. The molecule has 32 heavy (non-hydrogen) atoms. The van der Waals surface area contributed by atoms with Crippen LogP contribution in [0.5, 0.6) is 5.75 Å². The Morgan fingerprint density at radius 2 is 1.66 bits per heavy atom. The van der Waals surface area contributed by atoms with Gasteiger partial charge in [-0.2, -0.15) is 20.5 Å². The number of rotatable bonds is 9. The monoisotopic (exact) mass is 430 g/mol. The average Bonchev–Trinajstić information content (AvgIpc) is 2.77. The lowest BCUT2D eigenvalue weighted by molar-refractivity contribution is 0.240. The minimum atomic E-state index is 0.0386. The molecule has 0 aromatic heterocycles. The molecule has 0 saturated carbocycles. The molecular weight excluding hydrogens is 396 g/mol. The molecule has 0 amide bonds. The van der Waals surface area contributed by atoms with Crippen LogP contribution in [0.25, 0.3) is 0 Å². The fourth-order valence-corrected chi connectivity index (χ4v) is 3.64. The normalized spacial score (nSPS) is 17.6. The number of hydrogen-bond acceptors (Lipinski definition) is 5. The van der Waals surface area contributed by atoms with Gasteiger partial charge in [0.1, 0.15) is 5.75 Å². The Labute approximate surface area is 192 Å². The molecule has 5 nitrogen and oxygen atoms in total. The molecule has 0 spiro atoms. The summed E-state index contributed by atoms with van der Waals surface area (Å²) in [5, 5.41) is 17.3. The SMILES string of the molecule is CC(CCOc1ccc(N=NC2=CCC(N=Nc3ccccc3)C=C2)cc1)CC(C)(C)C. The summed E-state index contributed by atoms with van der Waals surface area (Å²) < 4.78 is 5.89. The lowest BCUT2D eigenvalue weighted by atomic mass is 9.84. The molecule has 2 aromatic carbocycles. The third-order valence-electron chi connectivity index (χ3n) is 5.09. The highest BCUT2D eigenvalue weighted by molar-refractivity contribution is 5.41. The van der Waals surface area contributed by atoms with E-state index in [4.69, 9.17) is 4.74 Å². The van der Waals surface area contributed by atoms with Gasteiger partial charge in [0, 0.05) is 0 Å². The number of allylic oxidation sites excluding steroid dienone is 1. The van der Waals surface area contributed by atoms with E-state index in [1.165, 1.54) is 6.42 Å². The van der Waals surface area contributed by atoms with Crippen molar-refractivity contribution < 1.29 is 4.74 Å². The molecule has 3 rings (SSSR count). The summed E-state index contributed by atoms with van der Waals surface area (Å²) in [5.41, 5.74) is 2.87. The largest absolute Gasteiger partial charge is 0.494 e. The zero-order chi connectivity index (χ0) is 22.8. The predicted molar refractivity (Wildman–Crippen MR) is 131 cm³/mol. The predicted octanol–water partition coefficient (Wildman–Crippen LogP) is 8.61. The standard InChI is InChI=1S/C27H34N4O/c1-21(20-27(2,3)4)18-19-32-26-16-14-25(15-17-26)31-30-24-12-10-23(11-13-24)29-28-22-8-6-5-7-9-22/h5-10,12-17,21,23H,11,18-20H2,1-4H3. The molecule has 2 atom stereocenters. The molecule has 2 unspecified atom stereocenters. The van der Waals surface area contributed by atoms with E-state index in [1.54, 1.807) is 0 Å². The molecule has 1 aliphatic rings. The molecule has 0 bridgehead atoms. The zero-order valence-corrected chi connectivity index (χ0v) is 19.6. The Bertz CT molecular complexity index is 953. The molecule has 0 radical (unpaired) electrons. The minimum Gasteiger partial charge on any atom is -0.494 e. The van der Waals surface area contributed by atoms with E-state index in [2.05, 4.69) is 48.2 Å². The summed E-state index contributed by atoms with van der Waals surface area (Å²) in [6, 6.07) is 17.6. The molecular formula is C27H34N4O. The average molecular weight is 431 g/mol. The first-order valence-electron chi connectivity index (χ1n) is 11.4. The number of benzene rings is 2. The van der Waals surface area contributed by atoms with E-state index in [0.717, 1.165) is 42.3 Å². The lowest BCUT2D eigenvalue weighted by Crippen LogP contribution is -2.13. The second-order valence-corrected chi connectivity index (χ2v) is 9.54. The van der Waals surface area contributed by atoms with Gasteiger partial charge < -0.3 is 4.74 Å². The van der Waals surface area contributed by atoms with E-state index in [1.807, 2.05) is 72.8 Å². The highest BCUT2D eigenvalue weighted by atomic mass is 16.5. The highest BCUT2D eigenvalue weighted by Gasteiger charge is 2.15. The maximum absolute atomic E-state index is 5.89. The summed E-state index contributed by atoms with van der Waals surface area (Å²) in [4.78, 5) is 0. The van der Waals surface area contributed by atoms with E-state index in [9.17, 15) is 0 Å². The van der Waals surface area contributed by atoms with Crippen molar-refractivity contribution in [2.45, 2.75) is 53.0 Å². The Morgan fingerprint density at radius 1 is 0.938 bits per heavy atom. The van der Waals surface area contributed by atoms with Crippen LogP contribution in [0.2, 0.25) is 0 Å². The van der Waals surface area contributed by atoms with Crippen molar-refractivity contribution in [3.63, 3.8) is 0 Å². The highest BCUT2D eigenvalue weighted by Crippen LogP contribution is 2.26. The van der Waals surface area contributed by atoms with E-state index < -0.39 is 0 Å². The van der Waals surface area contributed by atoms with Crippen LogP contribution in [0.15, 0.2) is 99.0 Å². The van der Waals surface area contributed by atoms with Crippen molar-refractivity contribution in [3.8, 4) is 5.75 Å². The van der Waals surface area contributed by atoms with Gasteiger partial charge in [0.2, 0.25) is 0 Å². The number of azo groups is 2. The van der Waals surface area contributed by atoms with Crippen LogP contribution in [0.1, 0.15) is 47.0 Å². The molecule has 0 saturated heterocycles. The Morgan fingerprint density at radius 3 is 2.31 bits per heavy atom. The number of ether oxygens (including phenoxy) is 1. The van der Waals surface area contributed by atoms with Crippen LogP contribution in [0.4, 0.5) is 11.4 Å². The van der Waals surface area contributed by atoms with Gasteiger partial charge >= 0.3 is 0 Å². The fraction of sp³-hybridized carbons (Fsp3) is 0.407. The Hall–Kier alpha value is -3.08. The van der Waals surface area contributed by atoms with Crippen LogP contribution in [-0.2, 0) is 0 Å². The van der Waals surface area contributed by atoms with Crippen molar-refractivity contribution in [1.29, 1.82) is 0 Å². The number of nitrogens with zero attached hydrogens (tertiary/aromatic N) is 4. The van der Waals surface area contributed by atoms with Crippen molar-refractivity contribution in [3.05, 3.63) is 78.5 Å². The molecule has 0 heterocycles. The molecule has 0 N–H and O–H groups in total. The van der Waals surface area contributed by atoms with Gasteiger partial charge in [-0.15, -0.1) is 0 Å². The van der Waals surface area contributed by atoms with E-state index in [-0.39, 0.29) is 6.04 Å². The first kappa shape index (κ1) is 23.6. The van der Waals surface area contributed by atoms with Gasteiger partial charge in [-0.25, -0.2) is 0 Å². The fourth-order valence-electron chi connectivity index (χ4n) is 3.64. The second kappa shape index (κ2) is 11.5. The van der Waals surface area contributed by atoms with Gasteiger partial charge in [0.15, 0.2) is 0 Å². The van der Waals surface area contributed by atoms with Crippen molar-refractivity contribution in [2.75, 3.05) is 6.61 Å². The summed E-state index contributed by atoms with van der Waals surface area (Å²) in [6.45, 7) is 9.88. The van der Waals surface area contributed by atoms with Crippen molar-refractivity contribution >= 4 is 11.4 Å². The maximum atomic E-state index is 5.89. The van der Waals surface area contributed by atoms with Gasteiger partial charge in [-0.1, -0.05) is 58.0 Å². The van der Waals surface area contributed by atoms with E-state index >= 15 is 0 Å². The molecule has 168 valence electrons. The molecule has 1 aliphatic carbocycles. The summed E-state index contributed by atoms with van der Waals surface area (Å²) in [5.74, 6) is 1.52. The van der Waals surface area contributed by atoms with Crippen molar-refractivity contribution in [1.82, 2.24) is 0 Å². The molecule has 0 aliphatic heterocycles. The topological polar surface area (TPSA) is 58.7 Å². The van der Waals surface area contributed by atoms with Crippen LogP contribution >= 0.6 is 0 Å². The van der Waals surface area contributed by atoms with Gasteiger partial charge in [0.05, 0.1) is 29.7 Å². The lowest BCUT2D eigenvalue weighted by Gasteiger charge is -2.23. The third-order valence-corrected chi connectivity index (χ3v) is 5.09. The van der Waals surface area contributed by atoms with Crippen LogP contribution in [0, 0.1) is 11.3 Å². The molecule has 5 heteroatoms. The first-order chi connectivity index (χ1) is 15.4. The Kier molecular flexibility index (Phi) is 8.48. The summed E-state index contributed by atoms with van der Waals surface area (Å²) in [7, 11) is 0. The van der Waals surface area contributed by atoms with Crippen molar-refractivity contribution in [2.24, 2.45) is 31.8 Å². The van der Waals surface area contributed by atoms with Crippen LogP contribution in [0.3, 0.4) is 0 Å².